The summed E-state index contributed by atoms with van der Waals surface area (Å²) in [6.45, 7) is 8.85. The van der Waals surface area contributed by atoms with Crippen LogP contribution in [0.2, 0.25) is 0 Å². The first-order valence-electron chi connectivity index (χ1n) is 8.53. The molecular formula is C21H28N2OS. The van der Waals surface area contributed by atoms with Crippen molar-refractivity contribution in [3.8, 4) is 0 Å². The van der Waals surface area contributed by atoms with Crippen LogP contribution in [0.25, 0.3) is 0 Å². The average Bonchev–Trinajstić information content (AvgIpc) is 2.57. The number of amides is 1. The second-order valence-electron chi connectivity index (χ2n) is 6.70. The molecule has 1 atom stereocenters. The Balaban J connectivity index is 2.03. The van der Waals surface area contributed by atoms with Crippen LogP contribution in [-0.4, -0.2) is 30.2 Å². The molecule has 25 heavy (non-hydrogen) atoms. The van der Waals surface area contributed by atoms with Gasteiger partial charge in [-0.25, -0.2) is 0 Å². The van der Waals surface area contributed by atoms with E-state index in [1.54, 1.807) is 11.8 Å². The van der Waals surface area contributed by atoms with E-state index in [0.29, 0.717) is 0 Å². The smallest absolute Gasteiger partial charge is 0.241 e. The van der Waals surface area contributed by atoms with E-state index in [-0.39, 0.29) is 11.9 Å². The maximum Gasteiger partial charge on any atom is 0.241 e. The molecule has 0 aliphatic heterocycles. The van der Waals surface area contributed by atoms with E-state index in [1.165, 1.54) is 16.0 Å². The molecule has 0 saturated carbocycles. The number of hydrogen-bond acceptors (Lipinski definition) is 3. The lowest BCUT2D eigenvalue weighted by Crippen LogP contribution is -2.39. The summed E-state index contributed by atoms with van der Waals surface area (Å²) in [6.07, 6.45) is 2.07. The fourth-order valence-electron chi connectivity index (χ4n) is 2.96. The van der Waals surface area contributed by atoms with Crippen LogP contribution in [0.1, 0.15) is 29.2 Å². The van der Waals surface area contributed by atoms with E-state index in [4.69, 9.17) is 0 Å². The Morgan fingerprint density at radius 1 is 1.12 bits per heavy atom. The van der Waals surface area contributed by atoms with Crippen LogP contribution in [0.5, 0.6) is 0 Å². The summed E-state index contributed by atoms with van der Waals surface area (Å²) >= 11 is 1.73. The number of likely N-dealkylation sites (N-methyl/N-ethyl adjacent to an activating group) is 1. The molecule has 134 valence electrons. The van der Waals surface area contributed by atoms with Crippen molar-refractivity contribution in [1.29, 1.82) is 0 Å². The summed E-state index contributed by atoms with van der Waals surface area (Å²) in [5.41, 5.74) is 5.57. The fraction of sp³-hybridized carbons (Fsp3) is 0.381. The van der Waals surface area contributed by atoms with Crippen molar-refractivity contribution in [2.75, 3.05) is 18.6 Å². The molecule has 0 saturated heterocycles. The van der Waals surface area contributed by atoms with Crippen LogP contribution in [-0.2, 0) is 11.3 Å². The first kappa shape index (κ1) is 19.5. The van der Waals surface area contributed by atoms with Gasteiger partial charge >= 0.3 is 0 Å². The molecular weight excluding hydrogens is 328 g/mol. The Kier molecular flexibility index (Phi) is 6.68. The van der Waals surface area contributed by atoms with E-state index in [0.717, 1.165) is 23.4 Å². The Bertz CT molecular complexity index is 717. The molecule has 4 heteroatoms. The van der Waals surface area contributed by atoms with Gasteiger partial charge in [-0.15, -0.1) is 11.8 Å². The van der Waals surface area contributed by atoms with Crippen molar-refractivity contribution in [3.63, 3.8) is 0 Å². The molecule has 0 aromatic heterocycles. The molecule has 2 aromatic carbocycles. The van der Waals surface area contributed by atoms with Gasteiger partial charge in [0.1, 0.15) is 0 Å². The summed E-state index contributed by atoms with van der Waals surface area (Å²) < 4.78 is 0. The second-order valence-corrected chi connectivity index (χ2v) is 7.58. The maximum absolute atomic E-state index is 12.7. The Labute approximate surface area is 155 Å². The van der Waals surface area contributed by atoms with Crippen molar-refractivity contribution in [3.05, 3.63) is 58.7 Å². The van der Waals surface area contributed by atoms with Crippen LogP contribution in [0.4, 0.5) is 5.69 Å². The highest BCUT2D eigenvalue weighted by Crippen LogP contribution is 2.22. The number of hydrogen-bond donors (Lipinski definition) is 1. The highest BCUT2D eigenvalue weighted by molar-refractivity contribution is 7.98. The lowest BCUT2D eigenvalue weighted by Gasteiger charge is -2.25. The zero-order valence-corrected chi connectivity index (χ0v) is 16.8. The summed E-state index contributed by atoms with van der Waals surface area (Å²) in [4.78, 5) is 16.0. The van der Waals surface area contributed by atoms with Gasteiger partial charge in [0.25, 0.3) is 0 Å². The van der Waals surface area contributed by atoms with Crippen molar-refractivity contribution >= 4 is 23.4 Å². The van der Waals surface area contributed by atoms with Gasteiger partial charge in [-0.1, -0.05) is 29.8 Å². The van der Waals surface area contributed by atoms with Crippen molar-refractivity contribution < 1.29 is 4.79 Å². The normalized spacial score (nSPS) is 12.3. The monoisotopic (exact) mass is 356 g/mol. The molecule has 3 nitrogen and oxygen atoms in total. The minimum absolute atomic E-state index is 0.0262. The van der Waals surface area contributed by atoms with Gasteiger partial charge in [0.2, 0.25) is 5.91 Å². The number of aryl methyl sites for hydroxylation is 3. The number of nitrogens with one attached hydrogen (secondary N) is 1. The standard InChI is InChI=1S/C21H28N2OS/c1-14-11-15(2)20(16(3)12-14)22-21(24)17(4)23(5)13-18-7-9-19(25-6)10-8-18/h7-12,17H,13H2,1-6H3,(H,22,24)/t17-/m1/s1. The molecule has 0 bridgehead atoms. The van der Waals surface area contributed by atoms with Crippen LogP contribution < -0.4 is 5.32 Å². The van der Waals surface area contributed by atoms with E-state index in [9.17, 15) is 4.79 Å². The van der Waals surface area contributed by atoms with E-state index < -0.39 is 0 Å². The third kappa shape index (κ3) is 5.10. The lowest BCUT2D eigenvalue weighted by molar-refractivity contribution is -0.120. The summed E-state index contributed by atoms with van der Waals surface area (Å²) in [7, 11) is 1.99. The van der Waals surface area contributed by atoms with Gasteiger partial charge in [0.05, 0.1) is 6.04 Å². The quantitative estimate of drug-likeness (QED) is 0.755. The number of benzene rings is 2. The first-order valence-corrected chi connectivity index (χ1v) is 9.76. The zero-order chi connectivity index (χ0) is 18.6. The van der Waals surface area contributed by atoms with Gasteiger partial charge in [-0.2, -0.15) is 0 Å². The van der Waals surface area contributed by atoms with Crippen molar-refractivity contribution in [1.82, 2.24) is 4.90 Å². The lowest BCUT2D eigenvalue weighted by atomic mass is 10.0. The van der Waals surface area contributed by atoms with Crippen LogP contribution in [0.15, 0.2) is 41.3 Å². The predicted molar refractivity (Wildman–Crippen MR) is 108 cm³/mol. The average molecular weight is 357 g/mol. The molecule has 0 spiro atoms. The molecule has 1 amide bonds. The Morgan fingerprint density at radius 3 is 2.20 bits per heavy atom. The summed E-state index contributed by atoms with van der Waals surface area (Å²) in [6, 6.07) is 12.5. The van der Waals surface area contributed by atoms with Crippen LogP contribution >= 0.6 is 11.8 Å². The molecule has 2 rings (SSSR count). The first-order chi connectivity index (χ1) is 11.8. The molecule has 0 heterocycles. The SMILES string of the molecule is CSc1ccc(CN(C)[C@H](C)C(=O)Nc2c(C)cc(C)cc2C)cc1. The third-order valence-corrected chi connectivity index (χ3v) is 5.30. The zero-order valence-electron chi connectivity index (χ0n) is 16.0. The minimum Gasteiger partial charge on any atom is -0.324 e. The molecule has 0 unspecified atom stereocenters. The van der Waals surface area contributed by atoms with Gasteiger partial charge in [-0.05, 0) is 69.8 Å². The molecule has 0 radical (unpaired) electrons. The summed E-state index contributed by atoms with van der Waals surface area (Å²) in [5, 5.41) is 3.11. The molecule has 0 fully saturated rings. The van der Waals surface area contributed by atoms with Gasteiger partial charge in [0, 0.05) is 17.1 Å². The summed E-state index contributed by atoms with van der Waals surface area (Å²) in [5.74, 6) is 0.0262. The largest absolute Gasteiger partial charge is 0.324 e. The highest BCUT2D eigenvalue weighted by atomic mass is 32.2. The molecule has 1 N–H and O–H groups in total. The van der Waals surface area contributed by atoms with E-state index >= 15 is 0 Å². The number of carbonyl (C=O) groups excluding carboxylic acids is 1. The van der Waals surface area contributed by atoms with Crippen molar-refractivity contribution in [2.45, 2.75) is 45.2 Å². The Morgan fingerprint density at radius 2 is 1.68 bits per heavy atom. The minimum atomic E-state index is -0.208. The van der Waals surface area contributed by atoms with E-state index in [2.05, 4.69) is 59.8 Å². The number of rotatable bonds is 6. The third-order valence-electron chi connectivity index (χ3n) is 4.56. The molecule has 0 aliphatic rings. The molecule has 2 aromatic rings. The van der Waals surface area contributed by atoms with Gasteiger partial charge < -0.3 is 5.32 Å². The Hall–Kier alpha value is -1.78. The fourth-order valence-corrected chi connectivity index (χ4v) is 3.37. The second kappa shape index (κ2) is 8.54. The van der Waals surface area contributed by atoms with Crippen LogP contribution in [0.3, 0.4) is 0 Å². The molecule has 0 aliphatic carbocycles. The van der Waals surface area contributed by atoms with Crippen molar-refractivity contribution in [2.24, 2.45) is 0 Å². The van der Waals surface area contributed by atoms with Gasteiger partial charge in [-0.3, -0.25) is 9.69 Å². The number of anilines is 1. The number of nitrogens with zero attached hydrogens (tertiary/aromatic N) is 1. The highest BCUT2D eigenvalue weighted by Gasteiger charge is 2.19. The topological polar surface area (TPSA) is 32.3 Å². The number of thioether (sulfide) groups is 1. The van der Waals surface area contributed by atoms with E-state index in [1.807, 2.05) is 27.8 Å². The van der Waals surface area contributed by atoms with Gasteiger partial charge in [0.15, 0.2) is 0 Å². The predicted octanol–water partition coefficient (Wildman–Crippen LogP) is 4.79. The maximum atomic E-state index is 12.7. The number of carbonyl (C=O) groups is 1. The van der Waals surface area contributed by atoms with Crippen LogP contribution in [0, 0.1) is 20.8 Å².